The molecular weight excluding hydrogens is 476 g/mol. The third kappa shape index (κ3) is 9.21. The molecule has 2 rings (SSSR count). The predicted octanol–water partition coefficient (Wildman–Crippen LogP) is 3.80. The van der Waals surface area contributed by atoms with Gasteiger partial charge in [-0.3, -0.25) is 4.98 Å². The summed E-state index contributed by atoms with van der Waals surface area (Å²) in [6.07, 6.45) is -2.78. The van der Waals surface area contributed by atoms with Gasteiger partial charge in [0.1, 0.15) is 0 Å². The van der Waals surface area contributed by atoms with Crippen LogP contribution < -0.4 is 10.4 Å². The maximum atomic E-state index is 12.4. The van der Waals surface area contributed by atoms with Gasteiger partial charge in [-0.1, -0.05) is 15.9 Å². The molecule has 0 aliphatic heterocycles. The number of benzene rings is 1. The Morgan fingerprint density at radius 1 is 1.33 bits per heavy atom. The molecule has 0 saturated carbocycles. The van der Waals surface area contributed by atoms with Crippen LogP contribution in [0.4, 0.5) is 18.9 Å². The van der Waals surface area contributed by atoms with E-state index in [0.29, 0.717) is 0 Å². The van der Waals surface area contributed by atoms with Crippen LogP contribution in [0.15, 0.2) is 62.1 Å². The van der Waals surface area contributed by atoms with Crippen molar-refractivity contribution in [2.45, 2.75) is 6.18 Å². The molecule has 6 nitrogen and oxygen atoms in total. The third-order valence-corrected chi connectivity index (χ3v) is 3.12. The van der Waals surface area contributed by atoms with Gasteiger partial charge in [0.2, 0.25) is 0 Å². The van der Waals surface area contributed by atoms with Gasteiger partial charge in [-0.05, 0) is 0 Å². The van der Waals surface area contributed by atoms with E-state index in [2.05, 4.69) is 62.4 Å². The Balaban J connectivity index is 0.000000377. The van der Waals surface area contributed by atoms with Crippen LogP contribution in [0.5, 0.6) is 0 Å². The van der Waals surface area contributed by atoms with E-state index in [9.17, 15) is 18.3 Å². The van der Waals surface area contributed by atoms with E-state index in [1.165, 1.54) is 6.07 Å². The summed E-state index contributed by atoms with van der Waals surface area (Å²) in [6.45, 7) is 8.70. The monoisotopic (exact) mass is 485 g/mol. The van der Waals surface area contributed by atoms with Crippen molar-refractivity contribution in [3.05, 3.63) is 77.7 Å². The van der Waals surface area contributed by atoms with Gasteiger partial charge in [0.25, 0.3) is 0 Å². The second-order valence-electron chi connectivity index (χ2n) is 4.58. The smallest absolute Gasteiger partial charge is 0.0364 e. The second-order valence-corrected chi connectivity index (χ2v) is 5.67. The number of nitrogens with one attached hydrogen (secondary N) is 1. The molecule has 0 fully saturated rings. The molecule has 0 unspecified atom stereocenters. The van der Waals surface area contributed by atoms with E-state index in [1.807, 2.05) is 12.1 Å². The quantitative estimate of drug-likeness (QED) is 0.178. The van der Waals surface area contributed by atoms with Gasteiger partial charge in [-0.2, -0.15) is 6.07 Å². The first-order chi connectivity index (χ1) is 12.6. The van der Waals surface area contributed by atoms with Gasteiger partial charge in [0.15, 0.2) is 0 Å². The fraction of sp³-hybridized carbons (Fsp3) is 0.0625. The maximum Gasteiger partial charge on any atom is 0.0364 e. The number of halogens is 4. The molecule has 2 aromatic rings. The minimum absolute atomic E-state index is 0.0884. The van der Waals surface area contributed by atoms with Crippen molar-refractivity contribution >= 4 is 27.6 Å². The fourth-order valence-electron chi connectivity index (χ4n) is 1.48. The Morgan fingerprint density at radius 3 is 2.56 bits per heavy atom. The topological polar surface area (TPSA) is 81.9 Å². The fourth-order valence-corrected chi connectivity index (χ4v) is 1.81. The van der Waals surface area contributed by atoms with Crippen molar-refractivity contribution in [2.24, 2.45) is 9.18 Å². The van der Waals surface area contributed by atoms with Crippen molar-refractivity contribution in [3.8, 4) is 0 Å². The average Bonchev–Trinajstić information content (AvgIpc) is 2.57. The maximum absolute atomic E-state index is 12.4. The molecule has 0 atom stereocenters. The van der Waals surface area contributed by atoms with Gasteiger partial charge in [-0.25, -0.2) is 6.92 Å². The van der Waals surface area contributed by atoms with E-state index in [1.54, 1.807) is 6.20 Å². The third-order valence-electron chi connectivity index (χ3n) is 2.56. The van der Waals surface area contributed by atoms with Crippen molar-refractivity contribution < 1.29 is 38.4 Å². The number of amidine groups is 1. The van der Waals surface area contributed by atoms with Gasteiger partial charge in [-0.15, -0.1) is 11.8 Å². The zero-order valence-corrected chi connectivity index (χ0v) is 15.9. The van der Waals surface area contributed by atoms with Gasteiger partial charge < -0.3 is 0 Å². The number of hydrogen-bond donors (Lipinski definition) is 1. The number of alkyl halides is 3. The number of anilines is 1. The Hall–Kier alpha value is -2.39. The predicted molar refractivity (Wildman–Crippen MR) is 90.2 cm³/mol. The van der Waals surface area contributed by atoms with Gasteiger partial charge >= 0.3 is 113 Å². The Bertz CT molecular complexity index is 793. The molecule has 148 valence electrons. The van der Waals surface area contributed by atoms with Crippen LogP contribution in [0.25, 0.3) is 0 Å². The minimum atomic E-state index is -4.51. The Kier molecular flexibility index (Phi) is 8.97. The summed E-state index contributed by atoms with van der Waals surface area (Å²) in [5.74, 6) is -0.615. The number of aromatic nitrogens is 1. The molecule has 0 amide bonds. The number of rotatable bonds is 4. The Morgan fingerprint density at radius 2 is 2.04 bits per heavy atom. The summed E-state index contributed by atoms with van der Waals surface area (Å²) < 4.78 is 41.0. The van der Waals surface area contributed by atoms with E-state index in [0.717, 1.165) is 28.4 Å². The van der Waals surface area contributed by atoms with Crippen molar-refractivity contribution in [1.82, 2.24) is 4.98 Å². The van der Waals surface area contributed by atoms with Crippen LogP contribution in [0.1, 0.15) is 11.3 Å². The number of hydrogen-bond acceptors (Lipinski definition) is 5. The van der Waals surface area contributed by atoms with E-state index in [-0.39, 0.29) is 5.69 Å². The van der Waals surface area contributed by atoms with Crippen LogP contribution in [-0.2, 0) is 26.3 Å². The van der Waals surface area contributed by atoms with Crippen molar-refractivity contribution in [3.63, 3.8) is 0 Å². The number of aliphatic imine (C=N–C) groups is 1. The van der Waals surface area contributed by atoms with E-state index in [4.69, 9.17) is 6.58 Å². The largest absolute Gasteiger partial charge is 0.294 e. The number of pyridine rings is 1. The van der Waals surface area contributed by atoms with Crippen molar-refractivity contribution in [2.75, 3.05) is 5.32 Å². The first-order valence-electron chi connectivity index (χ1n) is 6.83. The van der Waals surface area contributed by atoms with E-state index >= 15 is 0 Å². The summed E-state index contributed by atoms with van der Waals surface area (Å²) >= 11 is 7.03. The summed E-state index contributed by atoms with van der Waals surface area (Å²) in [5, 5.41) is 13.3. The zero-order chi connectivity index (χ0) is 20.4. The van der Waals surface area contributed by atoms with Gasteiger partial charge in [0, 0.05) is 10.7 Å². The zero-order valence-electron chi connectivity index (χ0n) is 13.3. The standard InChI is InChI=1S/C10H7F3N3O2.C6H5BrN.Ni/c1-6(18-14)15-9(17)16-8-4-2-3-7(5-8)10(11,12)13;1-5-2-3-6(7)4-8-5;/h1-5H,(H2,15,16,17);2-4H,1H2;/q2*-1;/p-1. The molecule has 0 aliphatic carbocycles. The first kappa shape index (κ1) is 22.7. The summed E-state index contributed by atoms with van der Waals surface area (Å²) in [4.78, 5) is 11.2. The van der Waals surface area contributed by atoms with Crippen LogP contribution in [0, 0.1) is 13.5 Å². The molecular formula is C16H11BrF3N4NiO2-3. The molecule has 1 N–H and O–H groups in total. The second kappa shape index (κ2) is 10.7. The minimum Gasteiger partial charge on any atom is -0.294 e. The molecule has 0 bridgehead atoms. The van der Waals surface area contributed by atoms with Crippen LogP contribution in [0.3, 0.4) is 0 Å². The van der Waals surface area contributed by atoms with Crippen LogP contribution in [0.2, 0.25) is 0 Å². The van der Waals surface area contributed by atoms with Crippen LogP contribution >= 0.6 is 15.9 Å². The molecule has 1 aromatic heterocycles. The molecule has 11 heteroatoms. The number of nitrogens with zero attached hydrogens (tertiary/aromatic N) is 3. The molecule has 27 heavy (non-hydrogen) atoms. The normalized spacial score (nSPS) is 11.1. The first-order valence-corrected chi connectivity index (χ1v) is 8.06. The Labute approximate surface area is 169 Å². The molecule has 0 spiro atoms. The molecule has 0 saturated heterocycles. The van der Waals surface area contributed by atoms with Gasteiger partial charge in [0.05, 0.1) is 0 Å². The van der Waals surface area contributed by atoms with Crippen LogP contribution in [-0.4, -0.2) is 11.0 Å². The molecule has 1 heterocycles. The summed E-state index contributed by atoms with van der Waals surface area (Å²) in [6, 6.07) is 6.78. The van der Waals surface area contributed by atoms with E-state index < -0.39 is 23.6 Å². The van der Waals surface area contributed by atoms with Crippen molar-refractivity contribution in [1.29, 1.82) is 0 Å². The molecule has 0 aliphatic rings. The SMILES string of the molecule is [CH-]=C(/N=C(\[O-])Nc1cccc(C(F)(F)F)c1)O[N]=[Ni].[CH2-]c1ccc(Br)cn1. The summed E-state index contributed by atoms with van der Waals surface area (Å²) in [7, 11) is 0. The molecule has 1 aromatic carbocycles. The summed E-state index contributed by atoms with van der Waals surface area (Å²) in [5.41, 5.74) is -0.191. The molecule has 0 radical (unpaired) electrons. The average molecular weight is 487 g/mol.